The van der Waals surface area contributed by atoms with Gasteiger partial charge in [0.2, 0.25) is 0 Å². The van der Waals surface area contributed by atoms with Crippen LogP contribution in [0.15, 0.2) is 59.0 Å². The first kappa shape index (κ1) is 20.6. The average Bonchev–Trinajstić information content (AvgIpc) is 3.13. The number of amides is 2. The molecule has 1 aromatic heterocycles. The Hall–Kier alpha value is -3.65. The Morgan fingerprint density at radius 3 is 2.58 bits per heavy atom. The van der Waals surface area contributed by atoms with Crippen molar-refractivity contribution in [1.29, 1.82) is 0 Å². The quantitative estimate of drug-likeness (QED) is 0.584. The molecule has 1 aliphatic heterocycles. The topological polar surface area (TPSA) is 99.0 Å². The van der Waals surface area contributed by atoms with Crippen LogP contribution in [0.3, 0.4) is 0 Å². The van der Waals surface area contributed by atoms with E-state index in [0.717, 1.165) is 0 Å². The van der Waals surface area contributed by atoms with Gasteiger partial charge in [0.15, 0.2) is 17.3 Å². The van der Waals surface area contributed by atoms with Crippen molar-refractivity contribution in [2.75, 3.05) is 13.2 Å². The Morgan fingerprint density at radius 1 is 0.968 bits per heavy atom. The van der Waals surface area contributed by atoms with E-state index in [2.05, 4.69) is 10.9 Å². The van der Waals surface area contributed by atoms with E-state index in [0.29, 0.717) is 42.6 Å². The number of furan rings is 1. The van der Waals surface area contributed by atoms with E-state index in [1.165, 1.54) is 18.2 Å². The predicted octanol–water partition coefficient (Wildman–Crippen LogP) is 3.75. The van der Waals surface area contributed by atoms with Gasteiger partial charge in [0.1, 0.15) is 18.1 Å². The van der Waals surface area contributed by atoms with E-state index < -0.39 is 11.8 Å². The maximum absolute atomic E-state index is 12.4. The number of hydrazine groups is 1. The van der Waals surface area contributed by atoms with Crippen molar-refractivity contribution in [3.63, 3.8) is 0 Å². The lowest BCUT2D eigenvalue weighted by Gasteiger charge is -2.12. The van der Waals surface area contributed by atoms with Gasteiger partial charge in [-0.2, -0.15) is 0 Å². The lowest BCUT2D eigenvalue weighted by atomic mass is 10.2. The van der Waals surface area contributed by atoms with E-state index in [-0.39, 0.29) is 23.0 Å². The highest BCUT2D eigenvalue weighted by atomic mass is 35.5. The molecule has 0 radical (unpaired) electrons. The van der Waals surface area contributed by atoms with Gasteiger partial charge < -0.3 is 18.6 Å². The van der Waals surface area contributed by atoms with Gasteiger partial charge in [0.05, 0.1) is 18.2 Å². The number of carbonyl (C=O) groups excluding carboxylic acids is 2. The molecule has 2 N–H and O–H groups in total. The molecule has 160 valence electrons. The number of rotatable bonds is 5. The molecule has 1 aliphatic rings. The summed E-state index contributed by atoms with van der Waals surface area (Å²) in [6, 6.07) is 15.3. The Bertz CT molecular complexity index is 1080. The molecular weight excluding hydrogens is 424 g/mol. The van der Waals surface area contributed by atoms with E-state index in [1.807, 2.05) is 30.3 Å². The van der Waals surface area contributed by atoms with E-state index in [4.69, 9.17) is 30.2 Å². The summed E-state index contributed by atoms with van der Waals surface area (Å²) in [4.78, 5) is 24.7. The van der Waals surface area contributed by atoms with Crippen LogP contribution < -0.4 is 25.1 Å². The molecule has 31 heavy (non-hydrogen) atoms. The Kier molecular flexibility index (Phi) is 6.28. The first-order valence-electron chi connectivity index (χ1n) is 9.56. The third kappa shape index (κ3) is 5.10. The number of halogens is 1. The molecule has 0 fully saturated rings. The maximum Gasteiger partial charge on any atom is 0.305 e. The SMILES string of the molecule is O=C(NNC(=O)c1ccc(COc2ccccc2)o1)c1cc(Cl)c2c(c1)OCCCO2. The van der Waals surface area contributed by atoms with Crippen molar-refractivity contribution in [1.82, 2.24) is 10.9 Å². The second-order valence-electron chi connectivity index (χ2n) is 6.61. The summed E-state index contributed by atoms with van der Waals surface area (Å²) >= 11 is 6.20. The Morgan fingerprint density at radius 2 is 1.74 bits per heavy atom. The zero-order valence-corrected chi connectivity index (χ0v) is 17.1. The van der Waals surface area contributed by atoms with Crippen molar-refractivity contribution < 1.29 is 28.2 Å². The highest BCUT2D eigenvalue weighted by molar-refractivity contribution is 6.32. The molecule has 0 spiro atoms. The largest absolute Gasteiger partial charge is 0.489 e. The normalized spacial score (nSPS) is 12.5. The van der Waals surface area contributed by atoms with Gasteiger partial charge in [-0.3, -0.25) is 20.4 Å². The number of ether oxygens (including phenoxy) is 3. The molecule has 2 amide bonds. The second kappa shape index (κ2) is 9.44. The molecule has 9 heteroatoms. The molecule has 2 heterocycles. The monoisotopic (exact) mass is 442 g/mol. The molecule has 0 saturated carbocycles. The van der Waals surface area contributed by atoms with E-state index in [9.17, 15) is 9.59 Å². The molecule has 0 bridgehead atoms. The molecule has 4 rings (SSSR count). The summed E-state index contributed by atoms with van der Waals surface area (Å²) < 4.78 is 22.2. The number of benzene rings is 2. The smallest absolute Gasteiger partial charge is 0.305 e. The number of fused-ring (bicyclic) bond motifs is 1. The molecule has 2 aromatic carbocycles. The number of carbonyl (C=O) groups is 2. The van der Waals surface area contributed by atoms with Crippen LogP contribution >= 0.6 is 11.6 Å². The minimum Gasteiger partial charge on any atom is -0.489 e. The molecule has 0 saturated heterocycles. The second-order valence-corrected chi connectivity index (χ2v) is 7.02. The summed E-state index contributed by atoms with van der Waals surface area (Å²) in [5, 5.41) is 0.255. The summed E-state index contributed by atoms with van der Waals surface area (Å²) in [5.74, 6) is 0.797. The van der Waals surface area contributed by atoms with Gasteiger partial charge >= 0.3 is 5.91 Å². The number of para-hydroxylation sites is 1. The van der Waals surface area contributed by atoms with Crippen molar-refractivity contribution in [3.8, 4) is 17.2 Å². The summed E-state index contributed by atoms with van der Waals surface area (Å²) in [7, 11) is 0. The van der Waals surface area contributed by atoms with Gasteiger partial charge in [-0.05, 0) is 36.4 Å². The zero-order valence-electron chi connectivity index (χ0n) is 16.4. The standard InChI is InChI=1S/C22H19ClN2O6/c23-17-11-14(12-19-20(17)29-10-4-9-28-19)21(26)24-25-22(27)18-8-7-16(31-18)13-30-15-5-2-1-3-6-15/h1-3,5-8,11-12H,4,9-10,13H2,(H,24,26)(H,25,27). The van der Waals surface area contributed by atoms with Gasteiger partial charge in [0, 0.05) is 12.0 Å². The molecule has 3 aromatic rings. The number of nitrogens with one attached hydrogen (secondary N) is 2. The summed E-state index contributed by atoms with van der Waals surface area (Å²) in [5.41, 5.74) is 4.85. The highest BCUT2D eigenvalue weighted by Gasteiger charge is 2.19. The van der Waals surface area contributed by atoms with Crippen LogP contribution in [0.1, 0.15) is 33.1 Å². The minimum atomic E-state index is -0.611. The number of hydrogen-bond donors (Lipinski definition) is 2. The van der Waals surface area contributed by atoms with Crippen molar-refractivity contribution in [3.05, 3.63) is 76.7 Å². The average molecular weight is 443 g/mol. The number of hydrogen-bond acceptors (Lipinski definition) is 6. The van der Waals surface area contributed by atoms with Crippen molar-refractivity contribution in [2.24, 2.45) is 0 Å². The predicted molar refractivity (Wildman–Crippen MR) is 111 cm³/mol. The van der Waals surface area contributed by atoms with Crippen LogP contribution in [-0.2, 0) is 6.61 Å². The van der Waals surface area contributed by atoms with Crippen LogP contribution in [0.2, 0.25) is 5.02 Å². The molecule has 0 atom stereocenters. The van der Waals surface area contributed by atoms with Gasteiger partial charge in [-0.15, -0.1) is 0 Å². The maximum atomic E-state index is 12.4. The fourth-order valence-electron chi connectivity index (χ4n) is 2.86. The molecule has 8 nitrogen and oxygen atoms in total. The first-order chi connectivity index (χ1) is 15.1. The zero-order chi connectivity index (χ0) is 21.6. The summed E-state index contributed by atoms with van der Waals surface area (Å²) in [6.45, 7) is 1.11. The lowest BCUT2D eigenvalue weighted by molar-refractivity contribution is 0.0828. The van der Waals surface area contributed by atoms with Gasteiger partial charge in [-0.1, -0.05) is 29.8 Å². The lowest BCUT2D eigenvalue weighted by Crippen LogP contribution is -2.41. The third-order valence-electron chi connectivity index (χ3n) is 4.36. The molecule has 0 unspecified atom stereocenters. The van der Waals surface area contributed by atoms with E-state index in [1.54, 1.807) is 6.07 Å². The Balaban J connectivity index is 1.33. The van der Waals surface area contributed by atoms with E-state index >= 15 is 0 Å². The minimum absolute atomic E-state index is 0.0312. The fraction of sp³-hybridized carbons (Fsp3) is 0.182. The van der Waals surface area contributed by atoms with Crippen LogP contribution in [0.5, 0.6) is 17.2 Å². The van der Waals surface area contributed by atoms with Crippen LogP contribution in [-0.4, -0.2) is 25.0 Å². The van der Waals surface area contributed by atoms with Crippen molar-refractivity contribution >= 4 is 23.4 Å². The van der Waals surface area contributed by atoms with Crippen molar-refractivity contribution in [2.45, 2.75) is 13.0 Å². The summed E-state index contributed by atoms with van der Waals surface area (Å²) in [6.07, 6.45) is 0.712. The van der Waals surface area contributed by atoms with Crippen LogP contribution in [0.25, 0.3) is 0 Å². The van der Waals surface area contributed by atoms with Crippen LogP contribution in [0, 0.1) is 0 Å². The Labute approximate surface area is 183 Å². The fourth-order valence-corrected chi connectivity index (χ4v) is 3.12. The van der Waals surface area contributed by atoms with Crippen LogP contribution in [0.4, 0.5) is 0 Å². The van der Waals surface area contributed by atoms with Gasteiger partial charge in [-0.25, -0.2) is 0 Å². The molecular formula is C22H19ClN2O6. The first-order valence-corrected chi connectivity index (χ1v) is 9.94. The molecule has 0 aliphatic carbocycles. The third-order valence-corrected chi connectivity index (χ3v) is 4.64. The van der Waals surface area contributed by atoms with Gasteiger partial charge in [0.25, 0.3) is 5.91 Å². The highest BCUT2D eigenvalue weighted by Crippen LogP contribution is 2.37.